The van der Waals surface area contributed by atoms with Crippen LogP contribution >= 0.6 is 0 Å². The van der Waals surface area contributed by atoms with Crippen LogP contribution in [0.5, 0.6) is 0 Å². The SMILES string of the molecule is CC(C)(Cc1ccnc(C(C)(C)C)c1)C(=O)C1CC1. The van der Waals surface area contributed by atoms with Crippen LogP contribution in [0.4, 0.5) is 0 Å². The molecule has 0 bridgehead atoms. The summed E-state index contributed by atoms with van der Waals surface area (Å²) < 4.78 is 0. The van der Waals surface area contributed by atoms with Crippen molar-refractivity contribution in [1.29, 1.82) is 0 Å². The highest BCUT2D eigenvalue weighted by atomic mass is 16.1. The van der Waals surface area contributed by atoms with Gasteiger partial charge >= 0.3 is 0 Å². The zero-order chi connectivity index (χ0) is 14.3. The van der Waals surface area contributed by atoms with Gasteiger partial charge in [0.05, 0.1) is 0 Å². The molecule has 0 radical (unpaired) electrons. The fraction of sp³-hybridized carbons (Fsp3) is 0.647. The number of Topliss-reactive ketones (excluding diaryl/α,β-unsaturated/α-hetero) is 1. The smallest absolute Gasteiger partial charge is 0.141 e. The van der Waals surface area contributed by atoms with Gasteiger partial charge in [-0.2, -0.15) is 0 Å². The first-order valence-electron chi connectivity index (χ1n) is 7.20. The van der Waals surface area contributed by atoms with Gasteiger partial charge in [-0.25, -0.2) is 0 Å². The van der Waals surface area contributed by atoms with Gasteiger partial charge in [-0.1, -0.05) is 34.6 Å². The molecule has 104 valence electrons. The summed E-state index contributed by atoms with van der Waals surface area (Å²) in [6, 6.07) is 4.19. The van der Waals surface area contributed by atoms with Crippen LogP contribution in [-0.2, 0) is 16.6 Å². The number of aromatic nitrogens is 1. The molecular formula is C17H25NO. The Bertz CT molecular complexity index is 478. The minimum atomic E-state index is -0.252. The van der Waals surface area contributed by atoms with E-state index in [4.69, 9.17) is 0 Å². The molecule has 2 rings (SSSR count). The lowest BCUT2D eigenvalue weighted by Crippen LogP contribution is -2.28. The van der Waals surface area contributed by atoms with Gasteiger partial charge in [-0.15, -0.1) is 0 Å². The van der Waals surface area contributed by atoms with Crippen molar-refractivity contribution in [3.63, 3.8) is 0 Å². The average molecular weight is 259 g/mol. The molecule has 19 heavy (non-hydrogen) atoms. The molecule has 1 aliphatic carbocycles. The van der Waals surface area contributed by atoms with Crippen molar-refractivity contribution < 1.29 is 4.79 Å². The first-order valence-corrected chi connectivity index (χ1v) is 7.20. The Hall–Kier alpha value is -1.18. The van der Waals surface area contributed by atoms with E-state index >= 15 is 0 Å². The lowest BCUT2D eigenvalue weighted by molar-refractivity contribution is -0.128. The van der Waals surface area contributed by atoms with Crippen molar-refractivity contribution in [3.8, 4) is 0 Å². The molecule has 0 saturated heterocycles. The van der Waals surface area contributed by atoms with Crippen LogP contribution in [-0.4, -0.2) is 10.8 Å². The van der Waals surface area contributed by atoms with Crippen molar-refractivity contribution in [2.45, 2.75) is 59.3 Å². The number of hydrogen-bond acceptors (Lipinski definition) is 2. The average Bonchev–Trinajstić information content (AvgIpc) is 3.10. The van der Waals surface area contributed by atoms with Gasteiger partial charge in [0.2, 0.25) is 0 Å². The molecule has 0 spiro atoms. The van der Waals surface area contributed by atoms with Gasteiger partial charge in [-0.05, 0) is 37.0 Å². The van der Waals surface area contributed by atoms with Crippen LogP contribution in [0.15, 0.2) is 18.3 Å². The molecule has 2 nitrogen and oxygen atoms in total. The molecule has 1 aromatic rings. The third-order valence-corrected chi connectivity index (χ3v) is 3.85. The van der Waals surface area contributed by atoms with E-state index in [0.29, 0.717) is 11.7 Å². The Morgan fingerprint density at radius 2 is 1.89 bits per heavy atom. The van der Waals surface area contributed by atoms with E-state index in [-0.39, 0.29) is 10.8 Å². The number of carbonyl (C=O) groups is 1. The van der Waals surface area contributed by atoms with E-state index in [1.165, 1.54) is 5.56 Å². The Morgan fingerprint density at radius 3 is 2.42 bits per heavy atom. The zero-order valence-electron chi connectivity index (χ0n) is 12.8. The van der Waals surface area contributed by atoms with Crippen molar-refractivity contribution in [2.24, 2.45) is 11.3 Å². The Morgan fingerprint density at radius 1 is 1.26 bits per heavy atom. The minimum absolute atomic E-state index is 0.0562. The zero-order valence-corrected chi connectivity index (χ0v) is 12.8. The molecule has 0 N–H and O–H groups in total. The van der Waals surface area contributed by atoms with Crippen molar-refractivity contribution in [3.05, 3.63) is 29.6 Å². The van der Waals surface area contributed by atoms with Gasteiger partial charge in [0.15, 0.2) is 0 Å². The quantitative estimate of drug-likeness (QED) is 0.820. The fourth-order valence-corrected chi connectivity index (χ4v) is 2.49. The molecule has 0 unspecified atom stereocenters. The van der Waals surface area contributed by atoms with Crippen molar-refractivity contribution >= 4 is 5.78 Å². The summed E-state index contributed by atoms with van der Waals surface area (Å²) in [5, 5.41) is 0. The van der Waals surface area contributed by atoms with Crippen LogP contribution in [0.25, 0.3) is 0 Å². The maximum Gasteiger partial charge on any atom is 0.141 e. The van der Waals surface area contributed by atoms with Crippen LogP contribution < -0.4 is 0 Å². The second-order valence-corrected chi connectivity index (χ2v) is 7.50. The number of pyridine rings is 1. The molecule has 0 amide bonds. The van der Waals surface area contributed by atoms with Crippen molar-refractivity contribution in [2.75, 3.05) is 0 Å². The maximum absolute atomic E-state index is 12.3. The van der Waals surface area contributed by atoms with Crippen LogP contribution in [0.3, 0.4) is 0 Å². The summed E-state index contributed by atoms with van der Waals surface area (Å²) in [6.07, 6.45) is 4.86. The highest BCUT2D eigenvalue weighted by Crippen LogP contribution is 2.38. The molecule has 0 aliphatic heterocycles. The highest BCUT2D eigenvalue weighted by molar-refractivity contribution is 5.88. The lowest BCUT2D eigenvalue weighted by Gasteiger charge is -2.24. The predicted octanol–water partition coefficient (Wildman–Crippen LogP) is 3.93. The third-order valence-electron chi connectivity index (χ3n) is 3.85. The molecule has 1 saturated carbocycles. The monoisotopic (exact) mass is 259 g/mol. The molecular weight excluding hydrogens is 234 g/mol. The summed E-state index contributed by atoms with van der Waals surface area (Å²) in [5.41, 5.74) is 2.12. The fourth-order valence-electron chi connectivity index (χ4n) is 2.49. The summed E-state index contributed by atoms with van der Waals surface area (Å²) in [4.78, 5) is 16.7. The first kappa shape index (κ1) is 14.2. The van der Waals surface area contributed by atoms with Gasteiger partial charge < -0.3 is 0 Å². The van der Waals surface area contributed by atoms with Crippen molar-refractivity contribution in [1.82, 2.24) is 4.98 Å². The predicted molar refractivity (Wildman–Crippen MR) is 78.2 cm³/mol. The summed E-state index contributed by atoms with van der Waals surface area (Å²) in [6.45, 7) is 10.6. The number of nitrogens with zero attached hydrogens (tertiary/aromatic N) is 1. The molecule has 2 heteroatoms. The van der Waals surface area contributed by atoms with Gasteiger partial charge in [-0.3, -0.25) is 9.78 Å². The van der Waals surface area contributed by atoms with Gasteiger partial charge in [0.25, 0.3) is 0 Å². The summed E-state index contributed by atoms with van der Waals surface area (Å²) in [7, 11) is 0. The third kappa shape index (κ3) is 3.43. The number of ketones is 1. The maximum atomic E-state index is 12.3. The highest BCUT2D eigenvalue weighted by Gasteiger charge is 2.39. The first-order chi connectivity index (χ1) is 8.70. The summed E-state index contributed by atoms with van der Waals surface area (Å²) >= 11 is 0. The number of carbonyl (C=O) groups excluding carboxylic acids is 1. The van der Waals surface area contributed by atoms with Gasteiger partial charge in [0.1, 0.15) is 5.78 Å². The Labute approximate surface area is 116 Å². The van der Waals surface area contributed by atoms with E-state index in [0.717, 1.165) is 25.0 Å². The number of hydrogen-bond donors (Lipinski definition) is 0. The molecule has 1 fully saturated rings. The minimum Gasteiger partial charge on any atom is -0.299 e. The molecule has 1 heterocycles. The van der Waals surface area contributed by atoms with Crippen LogP contribution in [0, 0.1) is 11.3 Å². The van der Waals surface area contributed by atoms with E-state index < -0.39 is 0 Å². The summed E-state index contributed by atoms with van der Waals surface area (Å²) in [5.74, 6) is 0.764. The van der Waals surface area contributed by atoms with E-state index in [9.17, 15) is 4.79 Å². The Kier molecular flexibility index (Phi) is 3.55. The molecule has 0 aromatic carbocycles. The van der Waals surface area contributed by atoms with E-state index in [2.05, 4.69) is 45.7 Å². The molecule has 0 atom stereocenters. The Balaban J connectivity index is 2.16. The van der Waals surface area contributed by atoms with Gasteiger partial charge in [0, 0.05) is 28.6 Å². The van der Waals surface area contributed by atoms with Crippen LogP contribution in [0.1, 0.15) is 58.7 Å². The lowest BCUT2D eigenvalue weighted by atomic mass is 9.79. The second-order valence-electron chi connectivity index (χ2n) is 7.50. The van der Waals surface area contributed by atoms with E-state index in [1.807, 2.05) is 12.3 Å². The largest absolute Gasteiger partial charge is 0.299 e. The molecule has 1 aromatic heterocycles. The van der Waals surface area contributed by atoms with Crippen LogP contribution in [0.2, 0.25) is 0 Å². The standard InChI is InChI=1S/C17H25NO/c1-16(2,3)14-10-12(8-9-18-14)11-17(4,5)15(19)13-6-7-13/h8-10,13H,6-7,11H2,1-5H3. The number of rotatable bonds is 4. The topological polar surface area (TPSA) is 30.0 Å². The molecule has 1 aliphatic rings. The second kappa shape index (κ2) is 4.73. The van der Waals surface area contributed by atoms with E-state index in [1.54, 1.807) is 0 Å². The normalized spacial score (nSPS) is 16.5.